The number of para-hydroxylation sites is 2. The van der Waals surface area contributed by atoms with Gasteiger partial charge in [-0.25, -0.2) is 9.59 Å². The van der Waals surface area contributed by atoms with Crippen LogP contribution in [0.2, 0.25) is 0 Å². The summed E-state index contributed by atoms with van der Waals surface area (Å²) in [5.74, 6) is 8.06. The van der Waals surface area contributed by atoms with Crippen LogP contribution < -0.4 is 9.47 Å². The van der Waals surface area contributed by atoms with Crippen molar-refractivity contribution in [2.24, 2.45) is 0 Å². The average Bonchev–Trinajstić information content (AvgIpc) is 2.53. The van der Waals surface area contributed by atoms with Crippen molar-refractivity contribution in [2.45, 2.75) is 0 Å². The lowest BCUT2D eigenvalue weighted by atomic mass is 10.3. The van der Waals surface area contributed by atoms with Crippen molar-refractivity contribution in [3.8, 4) is 35.2 Å². The summed E-state index contributed by atoms with van der Waals surface area (Å²) in [6.45, 7) is 0. The molecular weight excluding hydrogens is 280 g/mol. The molecule has 2 aromatic carbocycles. The maximum Gasteiger partial charge on any atom is 0.390 e. The second kappa shape index (κ2) is 7.94. The summed E-state index contributed by atoms with van der Waals surface area (Å²) in [5, 5.41) is 0. The molecule has 0 saturated carbocycles. The van der Waals surface area contributed by atoms with Gasteiger partial charge in [0.05, 0.1) is 0 Å². The predicted octanol–water partition coefficient (Wildman–Crippen LogP) is 2.20. The first-order chi connectivity index (χ1) is 10.7. The van der Waals surface area contributed by atoms with Gasteiger partial charge in [0.25, 0.3) is 0 Å². The Morgan fingerprint density at radius 3 is 1.36 bits per heavy atom. The van der Waals surface area contributed by atoms with Crippen molar-refractivity contribution in [3.05, 3.63) is 60.7 Å². The van der Waals surface area contributed by atoms with Gasteiger partial charge in [0.2, 0.25) is 0 Å². The highest BCUT2D eigenvalue weighted by Crippen LogP contribution is 2.08. The molecule has 4 heteroatoms. The lowest BCUT2D eigenvalue weighted by Gasteiger charge is -1.97. The van der Waals surface area contributed by atoms with Gasteiger partial charge in [0, 0.05) is 11.8 Å². The lowest BCUT2D eigenvalue weighted by molar-refractivity contribution is -0.129. The Balaban J connectivity index is 1.86. The Labute approximate surface area is 127 Å². The summed E-state index contributed by atoms with van der Waals surface area (Å²) in [6, 6.07) is 17.0. The molecule has 106 valence electrons. The van der Waals surface area contributed by atoms with E-state index in [-0.39, 0.29) is 0 Å². The number of ether oxygens (including phenoxy) is 2. The summed E-state index contributed by atoms with van der Waals surface area (Å²) in [7, 11) is 0. The van der Waals surface area contributed by atoms with Crippen LogP contribution in [0.5, 0.6) is 11.5 Å². The van der Waals surface area contributed by atoms with Crippen LogP contribution in [-0.4, -0.2) is 11.9 Å². The minimum atomic E-state index is -0.753. The Bertz CT molecular complexity index is 702. The second-order valence-corrected chi connectivity index (χ2v) is 3.91. The molecule has 0 spiro atoms. The number of hydrogen-bond donors (Lipinski definition) is 0. The molecule has 4 nitrogen and oxygen atoms in total. The van der Waals surface area contributed by atoms with E-state index >= 15 is 0 Å². The van der Waals surface area contributed by atoms with Crippen LogP contribution in [0.1, 0.15) is 0 Å². The molecule has 2 aromatic rings. The van der Waals surface area contributed by atoms with Gasteiger partial charge < -0.3 is 9.47 Å². The zero-order valence-corrected chi connectivity index (χ0v) is 11.4. The quantitative estimate of drug-likeness (QED) is 0.368. The van der Waals surface area contributed by atoms with Gasteiger partial charge in [-0.2, -0.15) is 0 Å². The number of benzene rings is 2. The van der Waals surface area contributed by atoms with E-state index in [4.69, 9.17) is 9.47 Å². The third kappa shape index (κ3) is 5.24. The van der Waals surface area contributed by atoms with E-state index in [1.165, 1.54) is 0 Å². The van der Waals surface area contributed by atoms with Crippen molar-refractivity contribution in [2.75, 3.05) is 0 Å². The molecule has 0 unspecified atom stereocenters. The molecule has 0 aromatic heterocycles. The van der Waals surface area contributed by atoms with Gasteiger partial charge in [-0.1, -0.05) is 36.4 Å². The van der Waals surface area contributed by atoms with Crippen molar-refractivity contribution < 1.29 is 19.1 Å². The number of rotatable bonds is 2. The average molecular weight is 290 g/mol. The number of carbonyl (C=O) groups excluding carboxylic acids is 2. The minimum Gasteiger partial charge on any atom is -0.417 e. The van der Waals surface area contributed by atoms with E-state index in [0.717, 1.165) is 0 Å². The number of carbonyl (C=O) groups is 2. The first-order valence-corrected chi connectivity index (χ1v) is 6.30. The molecule has 0 heterocycles. The molecule has 2 rings (SSSR count). The van der Waals surface area contributed by atoms with Crippen molar-refractivity contribution >= 4 is 11.9 Å². The molecule has 0 saturated heterocycles. The third-order valence-corrected chi connectivity index (χ3v) is 2.30. The SMILES string of the molecule is O=C(C#CC#CC(=O)Oc1ccccc1)Oc1ccccc1. The van der Waals surface area contributed by atoms with Crippen LogP contribution in [0, 0.1) is 23.7 Å². The molecule has 0 aliphatic rings. The standard InChI is InChI=1S/C18H10O4/c19-17(21-15-9-3-1-4-10-15)13-7-8-14-18(20)22-16-11-5-2-6-12-16/h1-6,9-12H. The molecule has 0 N–H and O–H groups in total. The molecule has 0 amide bonds. The van der Waals surface area contributed by atoms with Gasteiger partial charge >= 0.3 is 11.9 Å². The highest BCUT2D eigenvalue weighted by Gasteiger charge is 1.99. The maximum absolute atomic E-state index is 11.4. The second-order valence-electron chi connectivity index (χ2n) is 3.91. The van der Waals surface area contributed by atoms with E-state index in [0.29, 0.717) is 11.5 Å². The van der Waals surface area contributed by atoms with Gasteiger partial charge in [0.15, 0.2) is 0 Å². The largest absolute Gasteiger partial charge is 0.417 e. The first kappa shape index (κ1) is 14.9. The molecule has 0 aliphatic carbocycles. The normalized spacial score (nSPS) is 8.55. The van der Waals surface area contributed by atoms with Gasteiger partial charge in [0.1, 0.15) is 11.5 Å². The maximum atomic E-state index is 11.4. The third-order valence-electron chi connectivity index (χ3n) is 2.30. The number of hydrogen-bond acceptors (Lipinski definition) is 4. The van der Waals surface area contributed by atoms with Crippen molar-refractivity contribution in [1.29, 1.82) is 0 Å². The Morgan fingerprint density at radius 1 is 0.636 bits per heavy atom. The Kier molecular flexibility index (Phi) is 5.38. The molecule has 0 fully saturated rings. The first-order valence-electron chi connectivity index (χ1n) is 6.30. The topological polar surface area (TPSA) is 52.6 Å². The van der Waals surface area contributed by atoms with Crippen LogP contribution in [0.4, 0.5) is 0 Å². The summed E-state index contributed by atoms with van der Waals surface area (Å²) in [5.41, 5.74) is 0. The van der Waals surface area contributed by atoms with E-state index < -0.39 is 11.9 Å². The summed E-state index contributed by atoms with van der Waals surface area (Å²) >= 11 is 0. The van der Waals surface area contributed by atoms with Gasteiger partial charge in [-0.3, -0.25) is 0 Å². The van der Waals surface area contributed by atoms with Crippen LogP contribution in [-0.2, 0) is 9.59 Å². The van der Waals surface area contributed by atoms with E-state index in [1.54, 1.807) is 60.7 Å². The van der Waals surface area contributed by atoms with E-state index in [2.05, 4.69) is 23.7 Å². The Hall–Kier alpha value is -3.50. The Morgan fingerprint density at radius 2 is 1.00 bits per heavy atom. The smallest absolute Gasteiger partial charge is 0.390 e. The highest BCUT2D eigenvalue weighted by molar-refractivity contribution is 5.93. The van der Waals surface area contributed by atoms with Crippen LogP contribution in [0.25, 0.3) is 0 Å². The fourth-order valence-electron chi connectivity index (χ4n) is 1.41. The molecule has 0 atom stereocenters. The molecule has 22 heavy (non-hydrogen) atoms. The zero-order chi connectivity index (χ0) is 15.6. The zero-order valence-electron chi connectivity index (χ0n) is 11.4. The lowest BCUT2D eigenvalue weighted by Crippen LogP contribution is -2.04. The molecule has 0 radical (unpaired) electrons. The summed E-state index contributed by atoms with van der Waals surface area (Å²) < 4.78 is 9.84. The molecular formula is C18H10O4. The minimum absolute atomic E-state index is 0.387. The van der Waals surface area contributed by atoms with Gasteiger partial charge in [-0.05, 0) is 36.1 Å². The molecule has 0 bridgehead atoms. The number of esters is 2. The predicted molar refractivity (Wildman–Crippen MR) is 79.7 cm³/mol. The molecule has 0 aliphatic heterocycles. The van der Waals surface area contributed by atoms with Crippen LogP contribution >= 0.6 is 0 Å². The monoisotopic (exact) mass is 290 g/mol. The van der Waals surface area contributed by atoms with Crippen molar-refractivity contribution in [3.63, 3.8) is 0 Å². The van der Waals surface area contributed by atoms with E-state index in [9.17, 15) is 9.59 Å². The summed E-state index contributed by atoms with van der Waals surface area (Å²) in [6.07, 6.45) is 0. The van der Waals surface area contributed by atoms with Crippen LogP contribution in [0.3, 0.4) is 0 Å². The highest BCUT2D eigenvalue weighted by atomic mass is 16.5. The van der Waals surface area contributed by atoms with Crippen LogP contribution in [0.15, 0.2) is 60.7 Å². The fourth-order valence-corrected chi connectivity index (χ4v) is 1.41. The summed E-state index contributed by atoms with van der Waals surface area (Å²) in [4.78, 5) is 22.7. The van der Waals surface area contributed by atoms with E-state index in [1.807, 2.05) is 0 Å². The fraction of sp³-hybridized carbons (Fsp3) is 0. The van der Waals surface area contributed by atoms with Crippen molar-refractivity contribution in [1.82, 2.24) is 0 Å². The van der Waals surface area contributed by atoms with Gasteiger partial charge in [-0.15, -0.1) is 0 Å².